The van der Waals surface area contributed by atoms with Crippen LogP contribution in [0.3, 0.4) is 0 Å². The van der Waals surface area contributed by atoms with Gasteiger partial charge in [0, 0.05) is 31.7 Å². The molecule has 4 nitrogen and oxygen atoms in total. The van der Waals surface area contributed by atoms with Crippen molar-refractivity contribution in [3.63, 3.8) is 0 Å². The molecule has 1 aromatic heterocycles. The summed E-state index contributed by atoms with van der Waals surface area (Å²) in [6.45, 7) is 5.73. The molecule has 2 aromatic carbocycles. The molecule has 0 spiro atoms. The molecule has 0 unspecified atom stereocenters. The first-order valence-electron chi connectivity index (χ1n) is 10.0. The molecule has 152 valence electrons. The van der Waals surface area contributed by atoms with Crippen LogP contribution in [0, 0.1) is 13.8 Å². The third-order valence-electron chi connectivity index (χ3n) is 5.32. The predicted octanol–water partition coefficient (Wildman–Crippen LogP) is 5.22. The van der Waals surface area contributed by atoms with E-state index in [0.29, 0.717) is 5.75 Å². The highest BCUT2D eigenvalue weighted by molar-refractivity contribution is 7.99. The Bertz CT molecular complexity index is 940. The van der Waals surface area contributed by atoms with Crippen LogP contribution in [-0.2, 0) is 10.5 Å². The number of piperidine rings is 1. The molecule has 0 aliphatic carbocycles. The van der Waals surface area contributed by atoms with Crippen molar-refractivity contribution < 1.29 is 9.53 Å². The van der Waals surface area contributed by atoms with Crippen LogP contribution in [0.1, 0.15) is 29.5 Å². The summed E-state index contributed by atoms with van der Waals surface area (Å²) in [5, 5.41) is 0.751. The van der Waals surface area contributed by atoms with Crippen LogP contribution in [0.15, 0.2) is 42.5 Å². The molecule has 1 aliphatic heterocycles. The maximum atomic E-state index is 12.5. The number of thiazole rings is 1. The molecule has 29 heavy (non-hydrogen) atoms. The number of thioether (sulfide) groups is 1. The highest BCUT2D eigenvalue weighted by atomic mass is 32.2. The van der Waals surface area contributed by atoms with E-state index in [1.165, 1.54) is 21.4 Å². The number of amides is 1. The summed E-state index contributed by atoms with van der Waals surface area (Å²) in [5.41, 5.74) is 4.74. The average molecular weight is 427 g/mol. The van der Waals surface area contributed by atoms with E-state index >= 15 is 0 Å². The molecular weight excluding hydrogens is 400 g/mol. The first-order valence-corrected chi connectivity index (χ1v) is 12.0. The van der Waals surface area contributed by atoms with Gasteiger partial charge < -0.3 is 9.64 Å². The van der Waals surface area contributed by atoms with E-state index in [0.717, 1.165) is 42.4 Å². The number of nitrogens with zero attached hydrogens (tertiary/aromatic N) is 2. The van der Waals surface area contributed by atoms with Crippen LogP contribution in [0.25, 0.3) is 10.2 Å². The number of likely N-dealkylation sites (tertiary alicyclic amines) is 1. The van der Waals surface area contributed by atoms with Crippen molar-refractivity contribution >= 4 is 39.2 Å². The number of benzene rings is 2. The van der Waals surface area contributed by atoms with Crippen molar-refractivity contribution in [1.29, 1.82) is 0 Å². The van der Waals surface area contributed by atoms with Gasteiger partial charge in [-0.15, -0.1) is 11.8 Å². The van der Waals surface area contributed by atoms with Gasteiger partial charge in [0.15, 0.2) is 0 Å². The summed E-state index contributed by atoms with van der Waals surface area (Å²) in [4.78, 5) is 19.2. The molecule has 4 rings (SSSR count). The molecule has 1 saturated heterocycles. The number of aryl methyl sites for hydroxylation is 2. The molecular formula is C23H26N2O2S2. The third-order valence-corrected chi connectivity index (χ3v) is 7.39. The van der Waals surface area contributed by atoms with Crippen LogP contribution in [0.5, 0.6) is 5.19 Å². The topological polar surface area (TPSA) is 42.4 Å². The molecule has 3 aromatic rings. The van der Waals surface area contributed by atoms with Gasteiger partial charge in [-0.1, -0.05) is 53.8 Å². The zero-order chi connectivity index (χ0) is 20.2. The van der Waals surface area contributed by atoms with E-state index in [-0.39, 0.29) is 12.0 Å². The fourth-order valence-corrected chi connectivity index (χ4v) is 5.49. The van der Waals surface area contributed by atoms with Gasteiger partial charge in [-0.25, -0.2) is 4.98 Å². The number of ether oxygens (including phenoxy) is 1. The normalized spacial score (nSPS) is 15.0. The first kappa shape index (κ1) is 20.2. The lowest BCUT2D eigenvalue weighted by Gasteiger charge is -2.31. The Balaban J connectivity index is 1.25. The lowest BCUT2D eigenvalue weighted by Crippen LogP contribution is -2.42. The van der Waals surface area contributed by atoms with Gasteiger partial charge in [0.25, 0.3) is 5.19 Å². The average Bonchev–Trinajstić information content (AvgIpc) is 3.17. The van der Waals surface area contributed by atoms with Gasteiger partial charge in [-0.2, -0.15) is 0 Å². The monoisotopic (exact) mass is 426 g/mol. The van der Waals surface area contributed by atoms with Crippen molar-refractivity contribution in [2.75, 3.05) is 18.8 Å². The maximum absolute atomic E-state index is 12.5. The number of hydrogen-bond donors (Lipinski definition) is 0. The zero-order valence-electron chi connectivity index (χ0n) is 16.9. The molecule has 0 atom stereocenters. The highest BCUT2D eigenvalue weighted by Gasteiger charge is 2.24. The maximum Gasteiger partial charge on any atom is 0.274 e. The van der Waals surface area contributed by atoms with E-state index < -0.39 is 0 Å². The number of aromatic nitrogens is 1. The second-order valence-electron chi connectivity index (χ2n) is 7.53. The Morgan fingerprint density at radius 1 is 1.14 bits per heavy atom. The molecule has 2 heterocycles. The van der Waals surface area contributed by atoms with Crippen molar-refractivity contribution in [2.24, 2.45) is 0 Å². The van der Waals surface area contributed by atoms with Crippen LogP contribution in [0.4, 0.5) is 0 Å². The Kier molecular flexibility index (Phi) is 6.40. The van der Waals surface area contributed by atoms with Gasteiger partial charge in [-0.05, 0) is 30.5 Å². The first-order chi connectivity index (χ1) is 14.1. The standard InChI is InChI=1S/C23H26N2O2S2/c1-16-8-9-17(2)22-21(16)24-23(29-22)27-19-10-12-25(13-11-19)20(26)15-28-14-18-6-4-3-5-7-18/h3-9,19H,10-15H2,1-2H3. The largest absolute Gasteiger partial charge is 0.467 e. The molecule has 0 bridgehead atoms. The number of carbonyl (C=O) groups is 1. The SMILES string of the molecule is Cc1ccc(C)c2sc(OC3CCN(C(=O)CSCc4ccccc4)CC3)nc12. The fraction of sp³-hybridized carbons (Fsp3) is 0.391. The van der Waals surface area contributed by atoms with E-state index in [2.05, 4.69) is 38.1 Å². The van der Waals surface area contributed by atoms with E-state index in [1.54, 1.807) is 23.1 Å². The fourth-order valence-electron chi connectivity index (χ4n) is 3.58. The summed E-state index contributed by atoms with van der Waals surface area (Å²) in [6.07, 6.45) is 1.86. The van der Waals surface area contributed by atoms with Crippen molar-refractivity contribution in [3.05, 3.63) is 59.2 Å². The summed E-state index contributed by atoms with van der Waals surface area (Å²) < 4.78 is 7.39. The highest BCUT2D eigenvalue weighted by Crippen LogP contribution is 2.33. The summed E-state index contributed by atoms with van der Waals surface area (Å²) >= 11 is 3.32. The Labute approximate surface area is 180 Å². The second-order valence-corrected chi connectivity index (χ2v) is 9.48. The van der Waals surface area contributed by atoms with Crippen LogP contribution in [-0.4, -0.2) is 40.7 Å². The quantitative estimate of drug-likeness (QED) is 0.542. The molecule has 0 radical (unpaired) electrons. The molecule has 0 N–H and O–H groups in total. The van der Waals surface area contributed by atoms with E-state index in [9.17, 15) is 4.79 Å². The van der Waals surface area contributed by atoms with Crippen LogP contribution < -0.4 is 4.74 Å². The number of hydrogen-bond acceptors (Lipinski definition) is 5. The lowest BCUT2D eigenvalue weighted by molar-refractivity contribution is -0.130. The minimum Gasteiger partial charge on any atom is -0.467 e. The van der Waals surface area contributed by atoms with Gasteiger partial charge in [-0.3, -0.25) is 4.79 Å². The number of carbonyl (C=O) groups excluding carboxylic acids is 1. The minimum absolute atomic E-state index is 0.136. The molecule has 0 saturated carbocycles. The summed E-state index contributed by atoms with van der Waals surface area (Å²) in [6, 6.07) is 14.5. The van der Waals surface area contributed by atoms with Gasteiger partial charge in [0.1, 0.15) is 6.10 Å². The predicted molar refractivity (Wildman–Crippen MR) is 122 cm³/mol. The summed E-state index contributed by atoms with van der Waals surface area (Å²) in [7, 11) is 0. The number of rotatable bonds is 6. The summed E-state index contributed by atoms with van der Waals surface area (Å²) in [5.74, 6) is 1.65. The Morgan fingerprint density at radius 2 is 1.86 bits per heavy atom. The zero-order valence-corrected chi connectivity index (χ0v) is 18.5. The van der Waals surface area contributed by atoms with Gasteiger partial charge in [0.2, 0.25) is 5.91 Å². The molecule has 1 fully saturated rings. The Hall–Kier alpha value is -2.05. The van der Waals surface area contributed by atoms with Crippen molar-refractivity contribution in [1.82, 2.24) is 9.88 Å². The minimum atomic E-state index is 0.136. The molecule has 1 amide bonds. The Morgan fingerprint density at radius 3 is 2.59 bits per heavy atom. The second kappa shape index (κ2) is 9.18. The van der Waals surface area contributed by atoms with Gasteiger partial charge in [0.05, 0.1) is 16.0 Å². The van der Waals surface area contributed by atoms with Gasteiger partial charge >= 0.3 is 0 Å². The lowest BCUT2D eigenvalue weighted by atomic mass is 10.1. The van der Waals surface area contributed by atoms with E-state index in [1.807, 2.05) is 23.1 Å². The van der Waals surface area contributed by atoms with Crippen molar-refractivity contribution in [3.8, 4) is 5.19 Å². The van der Waals surface area contributed by atoms with Crippen LogP contribution in [0.2, 0.25) is 0 Å². The molecule has 6 heteroatoms. The van der Waals surface area contributed by atoms with E-state index in [4.69, 9.17) is 9.72 Å². The smallest absolute Gasteiger partial charge is 0.274 e. The molecule has 1 aliphatic rings. The third kappa shape index (κ3) is 4.93. The van der Waals surface area contributed by atoms with Crippen LogP contribution >= 0.6 is 23.1 Å². The van der Waals surface area contributed by atoms with Crippen molar-refractivity contribution in [2.45, 2.75) is 38.5 Å². The number of fused-ring (bicyclic) bond motifs is 1.